The zero-order valence-corrected chi connectivity index (χ0v) is 41.1. The molecule has 0 unspecified atom stereocenters. The van der Waals surface area contributed by atoms with Crippen LogP contribution in [-0.4, -0.2) is 8.07 Å². The SMILES string of the molecule is C[Si]1(C)c2cc(N(c3ccccc3)c3ccc4oc5ccccc5c4c3)ccc2-c2cc3c4ccccc4c(-c4ccc(N(c5ccccc5)c5ccccc5-c5ccccc5)cc4)cc3c3cccc1c23. The zero-order valence-electron chi connectivity index (χ0n) is 40.1. The molecule has 0 N–H and O–H groups in total. The summed E-state index contributed by atoms with van der Waals surface area (Å²) in [6, 6.07) is 93.4. The van der Waals surface area contributed by atoms with E-state index in [4.69, 9.17) is 4.42 Å². The van der Waals surface area contributed by atoms with Crippen molar-refractivity contribution >= 4 is 107 Å². The normalized spacial score (nSPS) is 12.7. The van der Waals surface area contributed by atoms with Gasteiger partial charge in [0.25, 0.3) is 0 Å². The van der Waals surface area contributed by atoms with E-state index < -0.39 is 8.07 Å². The molecule has 3 nitrogen and oxygen atoms in total. The fourth-order valence-electron chi connectivity index (χ4n) is 11.8. The van der Waals surface area contributed by atoms with Gasteiger partial charge in [-0.1, -0.05) is 177 Å². The summed E-state index contributed by atoms with van der Waals surface area (Å²) in [4.78, 5) is 4.79. The maximum Gasteiger partial charge on any atom is 0.135 e. The van der Waals surface area contributed by atoms with E-state index in [0.29, 0.717) is 0 Å². The summed E-state index contributed by atoms with van der Waals surface area (Å²) in [6.07, 6.45) is 0. The molecule has 0 atom stereocenters. The number of anilines is 6. The first kappa shape index (κ1) is 42.0. The van der Waals surface area contributed by atoms with Crippen molar-refractivity contribution < 1.29 is 4.42 Å². The molecule has 0 saturated heterocycles. The predicted molar refractivity (Wildman–Crippen MR) is 309 cm³/mol. The Bertz CT molecular complexity index is 4240. The number of hydrogen-bond acceptors (Lipinski definition) is 3. The Kier molecular flexibility index (Phi) is 9.67. The maximum absolute atomic E-state index is 6.29. The van der Waals surface area contributed by atoms with Crippen LogP contribution in [0.1, 0.15) is 0 Å². The van der Waals surface area contributed by atoms with Crippen molar-refractivity contribution in [3.05, 3.63) is 255 Å². The molecule has 340 valence electrons. The van der Waals surface area contributed by atoms with Crippen LogP contribution < -0.4 is 20.2 Å². The largest absolute Gasteiger partial charge is 0.456 e. The lowest BCUT2D eigenvalue weighted by molar-refractivity contribution is 0.669. The highest BCUT2D eigenvalue weighted by molar-refractivity contribution is 7.03. The molecule has 0 aliphatic carbocycles. The molecule has 0 fully saturated rings. The Balaban J connectivity index is 0.913. The quantitative estimate of drug-likeness (QED) is 0.112. The third-order valence-corrected chi connectivity index (χ3v) is 18.7. The second-order valence-corrected chi connectivity index (χ2v) is 23.9. The fourth-order valence-corrected chi connectivity index (χ4v) is 14.9. The van der Waals surface area contributed by atoms with Crippen LogP contribution in [0, 0.1) is 0 Å². The summed E-state index contributed by atoms with van der Waals surface area (Å²) in [6.45, 7) is 5.08. The molecule has 13 aromatic rings. The first-order chi connectivity index (χ1) is 35.5. The van der Waals surface area contributed by atoms with Gasteiger partial charge in [-0.05, 0) is 162 Å². The summed E-state index contributed by atoms with van der Waals surface area (Å²) in [7, 11) is -2.27. The van der Waals surface area contributed by atoms with Gasteiger partial charge >= 0.3 is 0 Å². The lowest BCUT2D eigenvalue weighted by Crippen LogP contribution is -2.56. The smallest absolute Gasteiger partial charge is 0.135 e. The van der Waals surface area contributed by atoms with E-state index in [2.05, 4.69) is 272 Å². The second-order valence-electron chi connectivity index (χ2n) is 19.6. The lowest BCUT2D eigenvalue weighted by atomic mass is 9.87. The number of fused-ring (bicyclic) bond motifs is 9. The monoisotopic (exact) mass is 936 g/mol. The molecule has 4 heteroatoms. The van der Waals surface area contributed by atoms with Crippen LogP contribution in [0.4, 0.5) is 34.1 Å². The lowest BCUT2D eigenvalue weighted by Gasteiger charge is -2.35. The van der Waals surface area contributed by atoms with Crippen molar-refractivity contribution in [3.8, 4) is 33.4 Å². The summed E-state index contributed by atoms with van der Waals surface area (Å²) in [5.41, 5.74) is 16.0. The van der Waals surface area contributed by atoms with Crippen molar-refractivity contribution in [2.75, 3.05) is 9.80 Å². The van der Waals surface area contributed by atoms with E-state index in [1.807, 2.05) is 6.07 Å². The van der Waals surface area contributed by atoms with Gasteiger partial charge < -0.3 is 14.2 Å². The first-order valence-corrected chi connectivity index (χ1v) is 27.9. The summed E-state index contributed by atoms with van der Waals surface area (Å²) < 4.78 is 6.29. The molecule has 1 aliphatic rings. The van der Waals surface area contributed by atoms with Crippen LogP contribution in [0.2, 0.25) is 13.1 Å². The van der Waals surface area contributed by atoms with E-state index in [9.17, 15) is 0 Å². The topological polar surface area (TPSA) is 19.6 Å². The minimum absolute atomic E-state index is 0.897. The van der Waals surface area contributed by atoms with E-state index in [0.717, 1.165) is 56.1 Å². The van der Waals surface area contributed by atoms with E-state index in [-0.39, 0.29) is 0 Å². The third-order valence-electron chi connectivity index (χ3n) is 15.2. The van der Waals surface area contributed by atoms with Crippen LogP contribution in [-0.2, 0) is 0 Å². The molecule has 12 aromatic carbocycles. The third kappa shape index (κ3) is 6.64. The Morgan fingerprint density at radius 1 is 0.292 bits per heavy atom. The van der Waals surface area contributed by atoms with Crippen molar-refractivity contribution in [2.45, 2.75) is 13.1 Å². The standard InChI is InChI=1S/C68H48N2OSi/c1-72(2)66-32-18-29-57-60-43-58(46-33-35-49(36-34-46)70(48-23-10-5-11-24-48)63-30-16-14-25-52(63)45-19-6-3-7-20-45)53-26-12-13-27-54(53)59(60)44-62(68(57)66)56-39-37-51(42-67(56)72)69(47-21-8-4-9-22-47)50-38-40-65-61(41-50)55-28-15-17-31-64(55)71-65/h3-44H,1-2H3. The average Bonchev–Trinajstić information content (AvgIpc) is 3.82. The van der Waals surface area contributed by atoms with Gasteiger partial charge in [0.05, 0.1) is 5.69 Å². The fraction of sp³-hybridized carbons (Fsp3) is 0.0294. The number of hydrogen-bond donors (Lipinski definition) is 0. The Morgan fingerprint density at radius 2 is 0.833 bits per heavy atom. The van der Waals surface area contributed by atoms with E-state index in [1.54, 1.807) is 0 Å². The minimum Gasteiger partial charge on any atom is -0.456 e. The highest BCUT2D eigenvalue weighted by Gasteiger charge is 2.37. The molecule has 0 saturated carbocycles. The van der Waals surface area contributed by atoms with Gasteiger partial charge in [0.2, 0.25) is 0 Å². The predicted octanol–water partition coefficient (Wildman–Crippen LogP) is 18.1. The minimum atomic E-state index is -2.27. The van der Waals surface area contributed by atoms with Gasteiger partial charge in [-0.2, -0.15) is 0 Å². The number of furan rings is 1. The van der Waals surface area contributed by atoms with Crippen molar-refractivity contribution in [2.24, 2.45) is 0 Å². The maximum atomic E-state index is 6.29. The van der Waals surface area contributed by atoms with Crippen molar-refractivity contribution in [1.29, 1.82) is 0 Å². The molecule has 1 aromatic heterocycles. The summed E-state index contributed by atoms with van der Waals surface area (Å²) in [5.74, 6) is 0. The molecule has 2 heterocycles. The Morgan fingerprint density at radius 3 is 1.61 bits per heavy atom. The van der Waals surface area contributed by atoms with Crippen LogP contribution in [0.15, 0.2) is 259 Å². The second kappa shape index (κ2) is 16.6. The van der Waals surface area contributed by atoms with Crippen LogP contribution in [0.5, 0.6) is 0 Å². The molecule has 0 amide bonds. The molecule has 0 spiro atoms. The van der Waals surface area contributed by atoms with Crippen LogP contribution >= 0.6 is 0 Å². The van der Waals surface area contributed by atoms with Gasteiger partial charge in [0, 0.05) is 44.8 Å². The first-order valence-electron chi connectivity index (χ1n) is 24.9. The van der Waals surface area contributed by atoms with E-state index in [1.165, 1.54) is 76.1 Å². The molecule has 14 rings (SSSR count). The van der Waals surface area contributed by atoms with Gasteiger partial charge in [-0.3, -0.25) is 0 Å². The number of benzene rings is 12. The van der Waals surface area contributed by atoms with E-state index >= 15 is 0 Å². The van der Waals surface area contributed by atoms with Crippen LogP contribution in [0.3, 0.4) is 0 Å². The number of rotatable bonds is 8. The Hall–Kier alpha value is -8.96. The number of para-hydroxylation sites is 4. The average molecular weight is 937 g/mol. The number of nitrogens with zero attached hydrogens (tertiary/aromatic N) is 2. The van der Waals surface area contributed by atoms with Crippen LogP contribution in [0.25, 0.3) is 87.6 Å². The highest BCUT2D eigenvalue weighted by atomic mass is 28.3. The van der Waals surface area contributed by atoms with Gasteiger partial charge in [0.1, 0.15) is 19.2 Å². The molecule has 72 heavy (non-hydrogen) atoms. The highest BCUT2D eigenvalue weighted by Crippen LogP contribution is 2.47. The molecule has 1 aliphatic heterocycles. The molecule has 0 bridgehead atoms. The Labute approximate surface area is 420 Å². The van der Waals surface area contributed by atoms with Crippen molar-refractivity contribution in [3.63, 3.8) is 0 Å². The molecular formula is C68H48N2OSi. The summed E-state index contributed by atoms with van der Waals surface area (Å²) in [5, 5.41) is 13.0. The molecule has 0 radical (unpaired) electrons. The van der Waals surface area contributed by atoms with Gasteiger partial charge in [-0.25, -0.2) is 0 Å². The molecular weight excluding hydrogens is 889 g/mol. The van der Waals surface area contributed by atoms with Gasteiger partial charge in [0.15, 0.2) is 0 Å². The zero-order chi connectivity index (χ0) is 47.9. The summed E-state index contributed by atoms with van der Waals surface area (Å²) >= 11 is 0. The van der Waals surface area contributed by atoms with Gasteiger partial charge in [-0.15, -0.1) is 0 Å². The van der Waals surface area contributed by atoms with Crippen molar-refractivity contribution in [1.82, 2.24) is 0 Å².